The number of fused-ring (bicyclic) bond motifs is 3. The van der Waals surface area contributed by atoms with E-state index in [0.29, 0.717) is 23.6 Å². The molecule has 2 saturated heterocycles. The van der Waals surface area contributed by atoms with Crippen molar-refractivity contribution in [3.05, 3.63) is 112 Å². The summed E-state index contributed by atoms with van der Waals surface area (Å²) in [6.07, 6.45) is 4.57. The van der Waals surface area contributed by atoms with Crippen molar-refractivity contribution in [2.24, 2.45) is 5.92 Å². The number of carbonyl (C=O) groups is 4. The van der Waals surface area contributed by atoms with Crippen molar-refractivity contribution in [1.82, 2.24) is 15.5 Å². The number of nitrogens with zero attached hydrogens (tertiary/aromatic N) is 1. The molecule has 7 atom stereocenters. The van der Waals surface area contributed by atoms with E-state index in [1.165, 1.54) is 19.0 Å². The highest BCUT2D eigenvalue weighted by atomic mass is 35.5. The number of nitrogens with one attached hydrogen (secondary N) is 2. The SMILES string of the molecule is CNC(=O)C[C@H](OC(=O)[C@@H](C)N(C)C(=O)OCC1c2ccccc2-c2ccccc21)C1(C)OC1[C@H](C)C1CC(C/C=C/C=C(\C)Cc2ccc(Cl)c(OC)c2)NC(=O)O1.CO. The Balaban J connectivity index is 0.00000347. The minimum absolute atomic E-state index is 0.0975. The highest BCUT2D eigenvalue weighted by Gasteiger charge is 2.63. The molecule has 3 amide bonds. The van der Waals surface area contributed by atoms with Crippen LogP contribution in [-0.2, 0) is 35.0 Å². The van der Waals surface area contributed by atoms with Gasteiger partial charge in [0, 0.05) is 45.5 Å². The average Bonchev–Trinajstić information content (AvgIpc) is 3.87. The third-order valence-electron chi connectivity index (χ3n) is 11.8. The number of alkyl carbamates (subject to hydrolysis) is 1. The van der Waals surface area contributed by atoms with E-state index in [4.69, 9.17) is 40.4 Å². The summed E-state index contributed by atoms with van der Waals surface area (Å²) in [4.78, 5) is 53.5. The van der Waals surface area contributed by atoms with Crippen molar-refractivity contribution in [2.45, 2.75) is 95.3 Å². The van der Waals surface area contributed by atoms with Crippen LogP contribution in [0.1, 0.15) is 69.6 Å². The molecule has 3 aromatic rings. The highest BCUT2D eigenvalue weighted by Crippen LogP contribution is 2.48. The van der Waals surface area contributed by atoms with E-state index in [2.05, 4.69) is 22.8 Å². The van der Waals surface area contributed by atoms with Gasteiger partial charge in [-0.25, -0.2) is 14.4 Å². The number of amides is 3. The van der Waals surface area contributed by atoms with Crippen LogP contribution in [0.3, 0.4) is 0 Å². The summed E-state index contributed by atoms with van der Waals surface area (Å²) in [6, 6.07) is 20.6. The molecule has 328 valence electrons. The molecular weight excluding hydrogens is 802 g/mol. The van der Waals surface area contributed by atoms with Gasteiger partial charge in [-0.2, -0.15) is 0 Å². The number of rotatable bonds is 16. The van der Waals surface area contributed by atoms with Gasteiger partial charge in [-0.1, -0.05) is 96.9 Å². The van der Waals surface area contributed by atoms with Gasteiger partial charge in [0.05, 0.1) is 24.7 Å². The van der Waals surface area contributed by atoms with E-state index in [9.17, 15) is 19.2 Å². The van der Waals surface area contributed by atoms with Crippen LogP contribution < -0.4 is 15.4 Å². The summed E-state index contributed by atoms with van der Waals surface area (Å²) in [7, 11) is 5.57. The van der Waals surface area contributed by atoms with Crippen LogP contribution in [0, 0.1) is 5.92 Å². The molecule has 0 spiro atoms. The van der Waals surface area contributed by atoms with E-state index in [1.807, 2.05) is 86.7 Å². The van der Waals surface area contributed by atoms with Crippen molar-refractivity contribution in [3.8, 4) is 16.9 Å². The van der Waals surface area contributed by atoms with Gasteiger partial charge in [0.25, 0.3) is 0 Å². The molecule has 2 heterocycles. The number of esters is 1. The Bertz CT molecular complexity index is 2060. The first-order valence-electron chi connectivity index (χ1n) is 20.5. The molecule has 14 heteroatoms. The van der Waals surface area contributed by atoms with Crippen molar-refractivity contribution in [2.75, 3.05) is 34.9 Å². The maximum absolute atomic E-state index is 13.6. The number of aliphatic hydroxyl groups excluding tert-OH is 1. The minimum atomic E-state index is -1.05. The third kappa shape index (κ3) is 11.1. The zero-order chi connectivity index (χ0) is 44.4. The molecule has 6 rings (SSSR count). The first-order valence-corrected chi connectivity index (χ1v) is 20.8. The molecule has 3 aromatic carbocycles. The van der Waals surface area contributed by atoms with Crippen LogP contribution in [-0.4, -0.2) is 105 Å². The highest BCUT2D eigenvalue weighted by molar-refractivity contribution is 6.32. The summed E-state index contributed by atoms with van der Waals surface area (Å²) < 4.78 is 29.0. The Kier molecular flexibility index (Phi) is 16.0. The number of cyclic esters (lactones) is 1. The Labute approximate surface area is 363 Å². The zero-order valence-electron chi connectivity index (χ0n) is 36.1. The maximum Gasteiger partial charge on any atom is 0.410 e. The van der Waals surface area contributed by atoms with E-state index in [-0.39, 0.29) is 36.8 Å². The Morgan fingerprint density at radius 2 is 1.72 bits per heavy atom. The fourth-order valence-corrected chi connectivity index (χ4v) is 8.27. The molecule has 2 aliphatic heterocycles. The van der Waals surface area contributed by atoms with Gasteiger partial charge in [-0.05, 0) is 73.6 Å². The number of ether oxygens (including phenoxy) is 5. The normalized spacial score (nSPS) is 21.9. The van der Waals surface area contributed by atoms with Crippen LogP contribution >= 0.6 is 11.6 Å². The summed E-state index contributed by atoms with van der Waals surface area (Å²) in [5.41, 5.74) is 5.55. The summed E-state index contributed by atoms with van der Waals surface area (Å²) >= 11 is 6.17. The molecule has 2 fully saturated rings. The van der Waals surface area contributed by atoms with Crippen LogP contribution in [0.15, 0.2) is 90.5 Å². The number of hydrogen-bond acceptors (Lipinski definition) is 10. The number of methoxy groups -OCH3 is 1. The minimum Gasteiger partial charge on any atom is -0.495 e. The molecule has 0 radical (unpaired) electrons. The predicted molar refractivity (Wildman–Crippen MR) is 232 cm³/mol. The third-order valence-corrected chi connectivity index (χ3v) is 12.1. The second-order valence-electron chi connectivity index (χ2n) is 15.8. The Morgan fingerprint density at radius 3 is 2.36 bits per heavy atom. The number of likely N-dealkylation sites (N-methyl/N-ethyl adjacent to an activating group) is 1. The van der Waals surface area contributed by atoms with Crippen LogP contribution in [0.2, 0.25) is 5.02 Å². The van der Waals surface area contributed by atoms with E-state index < -0.39 is 48.1 Å². The monoisotopic (exact) mass is 859 g/mol. The number of hydrogen-bond donors (Lipinski definition) is 3. The van der Waals surface area contributed by atoms with E-state index in [0.717, 1.165) is 46.9 Å². The number of carbonyl (C=O) groups excluding carboxylic acids is 4. The largest absolute Gasteiger partial charge is 0.495 e. The van der Waals surface area contributed by atoms with Gasteiger partial charge < -0.3 is 39.4 Å². The lowest BCUT2D eigenvalue weighted by Crippen LogP contribution is -2.49. The van der Waals surface area contributed by atoms with Crippen molar-refractivity contribution >= 4 is 35.7 Å². The van der Waals surface area contributed by atoms with Gasteiger partial charge in [0.1, 0.15) is 36.2 Å². The second-order valence-corrected chi connectivity index (χ2v) is 16.2. The standard InChI is InChI=1S/C46H54ClN3O9.CH4O/c1-27(22-30-20-21-37(47)39(23-30)55-7)14-8-9-15-31-24-38(57-44(53)49-31)28(2)42-46(4,59-42)40(25-41(51)48-5)58-43(52)29(3)50(6)45(54)56-26-36-34-18-12-10-16-32(34)33-17-11-13-19-35(33)36;1-2/h8-14,16-21,23,28-29,31,36,38,40,42H,15,22,24-26H2,1-7H3,(H,48,51)(H,49,53);2H,1H3/b9-8+,27-14+;/t28-,29-,31?,38?,40+,42?,46?;/m1./s1. The number of aliphatic hydroxyl groups is 1. The molecule has 0 bridgehead atoms. The number of epoxide rings is 1. The average molecular weight is 860 g/mol. The summed E-state index contributed by atoms with van der Waals surface area (Å²) in [6.45, 7) is 7.40. The summed E-state index contributed by atoms with van der Waals surface area (Å²) in [5.74, 6) is -0.851. The topological polar surface area (TPSA) is 165 Å². The molecule has 0 aromatic heterocycles. The first-order chi connectivity index (χ1) is 29.2. The quantitative estimate of drug-likeness (QED) is 0.0574. The van der Waals surface area contributed by atoms with Crippen LogP contribution in [0.25, 0.3) is 11.1 Å². The maximum atomic E-state index is 13.6. The number of benzene rings is 3. The van der Waals surface area contributed by atoms with Gasteiger partial charge in [-0.3, -0.25) is 9.69 Å². The molecule has 4 unspecified atom stereocenters. The van der Waals surface area contributed by atoms with Gasteiger partial charge in [0.2, 0.25) is 5.91 Å². The fourth-order valence-electron chi connectivity index (χ4n) is 8.08. The molecule has 0 saturated carbocycles. The van der Waals surface area contributed by atoms with Crippen molar-refractivity contribution in [3.63, 3.8) is 0 Å². The Morgan fingerprint density at radius 1 is 1.07 bits per heavy atom. The molecule has 61 heavy (non-hydrogen) atoms. The van der Waals surface area contributed by atoms with Gasteiger partial charge in [0.15, 0.2) is 0 Å². The van der Waals surface area contributed by atoms with Crippen LogP contribution in [0.5, 0.6) is 5.75 Å². The van der Waals surface area contributed by atoms with E-state index in [1.54, 1.807) is 21.0 Å². The number of allylic oxidation sites excluding steroid dienone is 3. The zero-order valence-corrected chi connectivity index (χ0v) is 36.9. The van der Waals surface area contributed by atoms with Crippen molar-refractivity contribution in [1.29, 1.82) is 0 Å². The smallest absolute Gasteiger partial charge is 0.410 e. The predicted octanol–water partition coefficient (Wildman–Crippen LogP) is 7.37. The lowest BCUT2D eigenvalue weighted by atomic mass is 9.85. The summed E-state index contributed by atoms with van der Waals surface area (Å²) in [5, 5.41) is 13.1. The Hall–Kier alpha value is -5.37. The van der Waals surface area contributed by atoms with Crippen molar-refractivity contribution < 1.29 is 48.0 Å². The fraction of sp³-hybridized carbons (Fsp3) is 0.447. The second kappa shape index (κ2) is 20.9. The lowest BCUT2D eigenvalue weighted by Gasteiger charge is -2.33. The lowest BCUT2D eigenvalue weighted by molar-refractivity contribution is -0.158. The first kappa shape index (κ1) is 46.7. The molecule has 1 aliphatic carbocycles. The van der Waals surface area contributed by atoms with Gasteiger partial charge in [-0.15, -0.1) is 0 Å². The number of halogens is 1. The van der Waals surface area contributed by atoms with Crippen LogP contribution in [0.4, 0.5) is 9.59 Å². The molecule has 3 aliphatic rings. The molecule has 13 nitrogen and oxygen atoms in total. The molecular formula is C47H58ClN3O10. The molecule has 3 N–H and O–H groups in total. The van der Waals surface area contributed by atoms with Gasteiger partial charge >= 0.3 is 18.2 Å². The van der Waals surface area contributed by atoms with E-state index >= 15 is 0 Å².